The molecular weight excluding hydrogens is 196 g/mol. The lowest BCUT2D eigenvalue weighted by Crippen LogP contribution is -2.23. The SMILES string of the molecule is CC(C)(O)CCn1cccc1C(N)=S. The molecule has 1 aromatic heterocycles. The Morgan fingerprint density at radius 2 is 2.29 bits per heavy atom. The second-order valence-electron chi connectivity index (χ2n) is 4.01. The monoisotopic (exact) mass is 212 g/mol. The van der Waals surface area contributed by atoms with Crippen molar-refractivity contribution in [1.82, 2.24) is 4.57 Å². The van der Waals surface area contributed by atoms with E-state index in [0.29, 0.717) is 11.4 Å². The zero-order valence-electron chi connectivity index (χ0n) is 8.53. The van der Waals surface area contributed by atoms with E-state index in [2.05, 4.69) is 0 Å². The fraction of sp³-hybridized carbons (Fsp3) is 0.500. The van der Waals surface area contributed by atoms with Crippen LogP contribution in [0.25, 0.3) is 0 Å². The molecule has 0 atom stereocenters. The number of rotatable bonds is 4. The van der Waals surface area contributed by atoms with Crippen LogP contribution in [0.5, 0.6) is 0 Å². The highest BCUT2D eigenvalue weighted by atomic mass is 32.1. The van der Waals surface area contributed by atoms with E-state index in [-0.39, 0.29) is 0 Å². The molecule has 78 valence electrons. The van der Waals surface area contributed by atoms with Crippen molar-refractivity contribution in [3.63, 3.8) is 0 Å². The summed E-state index contributed by atoms with van der Waals surface area (Å²) in [7, 11) is 0. The number of nitrogens with zero attached hydrogens (tertiary/aromatic N) is 1. The predicted octanol–water partition coefficient (Wildman–Crippen LogP) is 1.28. The quantitative estimate of drug-likeness (QED) is 0.739. The maximum Gasteiger partial charge on any atom is 0.120 e. The highest BCUT2D eigenvalue weighted by Gasteiger charge is 2.13. The average Bonchev–Trinajstić information content (AvgIpc) is 2.46. The lowest BCUT2D eigenvalue weighted by Gasteiger charge is -2.18. The molecule has 0 bridgehead atoms. The maximum atomic E-state index is 9.57. The minimum absolute atomic E-state index is 0.394. The summed E-state index contributed by atoms with van der Waals surface area (Å²) in [5.74, 6) is 0. The largest absolute Gasteiger partial charge is 0.390 e. The zero-order valence-corrected chi connectivity index (χ0v) is 9.34. The topological polar surface area (TPSA) is 51.2 Å². The molecular formula is C10H16N2OS. The van der Waals surface area contributed by atoms with E-state index < -0.39 is 5.60 Å². The third-order valence-electron chi connectivity index (χ3n) is 2.05. The minimum atomic E-state index is -0.655. The van der Waals surface area contributed by atoms with Gasteiger partial charge in [-0.1, -0.05) is 12.2 Å². The molecule has 1 heterocycles. The van der Waals surface area contributed by atoms with Gasteiger partial charge in [0.25, 0.3) is 0 Å². The van der Waals surface area contributed by atoms with Gasteiger partial charge in [0.2, 0.25) is 0 Å². The van der Waals surface area contributed by atoms with E-state index in [1.807, 2.05) is 22.9 Å². The Morgan fingerprint density at radius 3 is 2.79 bits per heavy atom. The number of thiocarbonyl (C=S) groups is 1. The predicted molar refractivity (Wildman–Crippen MR) is 61.2 cm³/mol. The molecule has 1 aromatic rings. The van der Waals surface area contributed by atoms with Gasteiger partial charge in [-0.05, 0) is 32.4 Å². The first kappa shape index (κ1) is 11.2. The van der Waals surface area contributed by atoms with Crippen molar-refractivity contribution in [3.05, 3.63) is 24.0 Å². The van der Waals surface area contributed by atoms with Gasteiger partial charge in [-0.15, -0.1) is 0 Å². The molecule has 0 amide bonds. The first-order valence-corrected chi connectivity index (χ1v) is 4.98. The molecule has 3 nitrogen and oxygen atoms in total. The number of hydrogen-bond donors (Lipinski definition) is 2. The van der Waals surface area contributed by atoms with Crippen molar-refractivity contribution in [3.8, 4) is 0 Å². The van der Waals surface area contributed by atoms with Crippen LogP contribution < -0.4 is 5.73 Å². The van der Waals surface area contributed by atoms with E-state index in [9.17, 15) is 5.11 Å². The molecule has 0 spiro atoms. The zero-order chi connectivity index (χ0) is 10.8. The van der Waals surface area contributed by atoms with Crippen LogP contribution in [-0.4, -0.2) is 20.3 Å². The van der Waals surface area contributed by atoms with Crippen molar-refractivity contribution < 1.29 is 5.11 Å². The summed E-state index contributed by atoms with van der Waals surface area (Å²) in [6.07, 6.45) is 2.59. The van der Waals surface area contributed by atoms with Crippen molar-refractivity contribution >= 4 is 17.2 Å². The highest BCUT2D eigenvalue weighted by molar-refractivity contribution is 7.80. The first-order valence-electron chi connectivity index (χ1n) is 4.57. The third-order valence-corrected chi connectivity index (χ3v) is 2.26. The molecule has 14 heavy (non-hydrogen) atoms. The number of aliphatic hydroxyl groups is 1. The van der Waals surface area contributed by atoms with Crippen LogP contribution in [0.4, 0.5) is 0 Å². The van der Waals surface area contributed by atoms with E-state index in [1.54, 1.807) is 13.8 Å². The summed E-state index contributed by atoms with van der Waals surface area (Å²) in [5.41, 5.74) is 5.74. The fourth-order valence-electron chi connectivity index (χ4n) is 1.23. The van der Waals surface area contributed by atoms with Gasteiger partial charge in [-0.2, -0.15) is 0 Å². The smallest absolute Gasteiger partial charge is 0.120 e. The normalized spacial score (nSPS) is 11.6. The van der Waals surface area contributed by atoms with E-state index in [4.69, 9.17) is 18.0 Å². The molecule has 0 fully saturated rings. The van der Waals surface area contributed by atoms with Crippen molar-refractivity contribution in [2.75, 3.05) is 0 Å². The van der Waals surface area contributed by atoms with Crippen LogP contribution in [-0.2, 0) is 6.54 Å². The number of aryl methyl sites for hydroxylation is 1. The Hall–Kier alpha value is -0.870. The second kappa shape index (κ2) is 4.11. The van der Waals surface area contributed by atoms with Gasteiger partial charge in [0.15, 0.2) is 0 Å². The lowest BCUT2D eigenvalue weighted by atomic mass is 10.1. The van der Waals surface area contributed by atoms with Crippen molar-refractivity contribution in [2.45, 2.75) is 32.4 Å². The molecule has 3 N–H and O–H groups in total. The Morgan fingerprint density at radius 1 is 1.64 bits per heavy atom. The third kappa shape index (κ3) is 3.12. The molecule has 0 saturated heterocycles. The summed E-state index contributed by atoms with van der Waals surface area (Å²) in [4.78, 5) is 0.394. The van der Waals surface area contributed by atoms with Crippen LogP contribution in [0, 0.1) is 0 Å². The van der Waals surface area contributed by atoms with Crippen LogP contribution in [0.2, 0.25) is 0 Å². The summed E-state index contributed by atoms with van der Waals surface area (Å²) in [6.45, 7) is 4.30. The molecule has 1 rings (SSSR count). The standard InChI is InChI=1S/C10H16N2OS/c1-10(2,13)5-7-12-6-3-4-8(12)9(11)14/h3-4,6,13H,5,7H2,1-2H3,(H2,11,14). The number of nitrogens with two attached hydrogens (primary N) is 1. The number of aromatic nitrogens is 1. The van der Waals surface area contributed by atoms with E-state index in [1.165, 1.54) is 0 Å². The van der Waals surface area contributed by atoms with Gasteiger partial charge in [-0.25, -0.2) is 0 Å². The molecule has 0 radical (unpaired) electrons. The van der Waals surface area contributed by atoms with Gasteiger partial charge in [0.05, 0.1) is 11.3 Å². The fourth-order valence-corrected chi connectivity index (χ4v) is 1.41. The molecule has 4 heteroatoms. The average molecular weight is 212 g/mol. The van der Waals surface area contributed by atoms with E-state index in [0.717, 1.165) is 12.2 Å². The Kier molecular flexibility index (Phi) is 3.29. The van der Waals surface area contributed by atoms with Crippen LogP contribution >= 0.6 is 12.2 Å². The Labute approximate surface area is 89.5 Å². The van der Waals surface area contributed by atoms with Gasteiger partial charge >= 0.3 is 0 Å². The Balaban J connectivity index is 2.68. The minimum Gasteiger partial charge on any atom is -0.390 e. The van der Waals surface area contributed by atoms with Gasteiger partial charge in [-0.3, -0.25) is 0 Å². The number of hydrogen-bond acceptors (Lipinski definition) is 2. The van der Waals surface area contributed by atoms with Crippen molar-refractivity contribution in [1.29, 1.82) is 0 Å². The van der Waals surface area contributed by atoms with Crippen molar-refractivity contribution in [2.24, 2.45) is 5.73 Å². The van der Waals surface area contributed by atoms with Gasteiger partial charge in [0, 0.05) is 12.7 Å². The van der Waals surface area contributed by atoms with E-state index >= 15 is 0 Å². The molecule has 0 aliphatic carbocycles. The lowest BCUT2D eigenvalue weighted by molar-refractivity contribution is 0.0662. The maximum absolute atomic E-state index is 9.57. The van der Waals surface area contributed by atoms with Crippen LogP contribution in [0.15, 0.2) is 18.3 Å². The Bertz CT molecular complexity index is 325. The van der Waals surface area contributed by atoms with Gasteiger partial charge < -0.3 is 15.4 Å². The summed E-state index contributed by atoms with van der Waals surface area (Å²) in [5, 5.41) is 9.57. The molecule has 0 aromatic carbocycles. The molecule has 0 saturated carbocycles. The highest BCUT2D eigenvalue weighted by Crippen LogP contribution is 2.11. The summed E-state index contributed by atoms with van der Waals surface area (Å²) in [6, 6.07) is 3.78. The second-order valence-corrected chi connectivity index (χ2v) is 4.45. The first-order chi connectivity index (χ1) is 6.40. The summed E-state index contributed by atoms with van der Waals surface area (Å²) < 4.78 is 1.96. The molecule has 0 aliphatic heterocycles. The summed E-state index contributed by atoms with van der Waals surface area (Å²) >= 11 is 4.91. The van der Waals surface area contributed by atoms with Crippen LogP contribution in [0.1, 0.15) is 26.0 Å². The molecule has 0 aliphatic rings. The van der Waals surface area contributed by atoms with Gasteiger partial charge in [0.1, 0.15) is 4.99 Å². The van der Waals surface area contributed by atoms with Crippen LogP contribution in [0.3, 0.4) is 0 Å². The molecule has 0 unspecified atom stereocenters.